The van der Waals surface area contributed by atoms with Gasteiger partial charge in [0.25, 0.3) is 0 Å². The molecule has 2 saturated carbocycles. The fraction of sp³-hybridized carbons (Fsp3) is 0.625. The zero-order valence-corrected chi connectivity index (χ0v) is 21.2. The molecule has 0 atom stereocenters. The van der Waals surface area contributed by atoms with Crippen LogP contribution in [0, 0.1) is 35.3 Å². The molecule has 34 heavy (non-hydrogen) atoms. The Hall–Kier alpha value is -1.70. The Bertz CT molecular complexity index is 855. The van der Waals surface area contributed by atoms with Crippen molar-refractivity contribution in [3.8, 4) is 11.1 Å². The van der Waals surface area contributed by atoms with E-state index in [-0.39, 0.29) is 0 Å². The van der Waals surface area contributed by atoms with Crippen molar-refractivity contribution in [1.82, 2.24) is 0 Å². The van der Waals surface area contributed by atoms with E-state index >= 15 is 0 Å². The predicted octanol–water partition coefficient (Wildman–Crippen LogP) is 10.1. The highest BCUT2D eigenvalue weighted by Gasteiger charge is 2.24. The third-order valence-electron chi connectivity index (χ3n) is 8.93. The average Bonchev–Trinajstić information content (AvgIpc) is 2.88. The molecule has 2 heteroatoms. The molecule has 0 nitrogen and oxygen atoms in total. The normalized spacial score (nSPS) is 25.4. The summed E-state index contributed by atoms with van der Waals surface area (Å²) in [5, 5.41) is 0. The number of benzene rings is 2. The van der Waals surface area contributed by atoms with Gasteiger partial charge in [-0.1, -0.05) is 121 Å². The summed E-state index contributed by atoms with van der Waals surface area (Å²) in [6, 6.07) is 12.5. The first-order valence-corrected chi connectivity index (χ1v) is 14.1. The minimum atomic E-state index is -0.792. The lowest BCUT2D eigenvalue weighted by molar-refractivity contribution is 0.209. The summed E-state index contributed by atoms with van der Waals surface area (Å²) >= 11 is 0. The van der Waals surface area contributed by atoms with Crippen LogP contribution in [0.2, 0.25) is 0 Å². The summed E-state index contributed by atoms with van der Waals surface area (Å²) in [6.07, 6.45) is 21.3. The second-order valence-electron chi connectivity index (χ2n) is 11.4. The molecule has 0 N–H and O–H groups in total. The van der Waals surface area contributed by atoms with Crippen LogP contribution in [0.15, 0.2) is 42.5 Å². The van der Waals surface area contributed by atoms with Gasteiger partial charge in [0.1, 0.15) is 0 Å². The topological polar surface area (TPSA) is 0 Å². The maximum Gasteiger partial charge on any atom is 0.159 e. The number of hydrogen-bond acceptors (Lipinski definition) is 0. The Morgan fingerprint density at radius 1 is 0.588 bits per heavy atom. The number of aryl methyl sites for hydroxylation is 1. The van der Waals surface area contributed by atoms with E-state index in [0.29, 0.717) is 0 Å². The Kier molecular flexibility index (Phi) is 9.59. The van der Waals surface area contributed by atoms with Crippen LogP contribution in [-0.2, 0) is 6.42 Å². The van der Waals surface area contributed by atoms with Crippen molar-refractivity contribution in [2.24, 2.45) is 23.7 Å². The molecule has 2 aromatic carbocycles. The third-order valence-corrected chi connectivity index (χ3v) is 8.93. The average molecular weight is 467 g/mol. The van der Waals surface area contributed by atoms with E-state index in [1.165, 1.54) is 108 Å². The Labute approximate surface area is 206 Å². The summed E-state index contributed by atoms with van der Waals surface area (Å²) in [5.74, 6) is 2.33. The predicted molar refractivity (Wildman–Crippen MR) is 140 cm³/mol. The minimum Gasteiger partial charge on any atom is -0.204 e. The van der Waals surface area contributed by atoms with E-state index in [0.717, 1.165) is 41.2 Å². The van der Waals surface area contributed by atoms with Gasteiger partial charge in [0.2, 0.25) is 0 Å². The Morgan fingerprint density at radius 2 is 1.09 bits per heavy atom. The molecule has 0 radical (unpaired) electrons. The highest BCUT2D eigenvalue weighted by Crippen LogP contribution is 2.38. The van der Waals surface area contributed by atoms with Crippen LogP contribution >= 0.6 is 0 Å². The molecular formula is C32H44F2. The van der Waals surface area contributed by atoms with Gasteiger partial charge in [0.15, 0.2) is 11.6 Å². The quantitative estimate of drug-likeness (QED) is 0.327. The van der Waals surface area contributed by atoms with E-state index in [2.05, 4.69) is 19.1 Å². The lowest BCUT2D eigenvalue weighted by Gasteiger charge is -2.32. The SMILES string of the molecule is CCCCC1CCC(CCC2CCC(CCc3ccc(-c4ccc(F)c(F)c4)cc3)CC2)CC1. The van der Waals surface area contributed by atoms with Gasteiger partial charge in [0, 0.05) is 0 Å². The van der Waals surface area contributed by atoms with Gasteiger partial charge in [-0.2, -0.15) is 0 Å². The molecule has 0 unspecified atom stereocenters. The molecule has 0 aliphatic heterocycles. The largest absolute Gasteiger partial charge is 0.204 e. The van der Waals surface area contributed by atoms with Crippen molar-refractivity contribution in [2.75, 3.05) is 0 Å². The van der Waals surface area contributed by atoms with Crippen molar-refractivity contribution in [3.63, 3.8) is 0 Å². The van der Waals surface area contributed by atoms with E-state index in [4.69, 9.17) is 0 Å². The van der Waals surface area contributed by atoms with Crippen LogP contribution in [0.4, 0.5) is 8.78 Å². The lowest BCUT2D eigenvalue weighted by Crippen LogP contribution is -2.18. The standard InChI is InChI=1S/C32H44F2/c1-2-3-4-24-5-7-25(8-6-24)9-10-26-11-13-27(14-12-26)15-16-28-17-19-29(20-18-28)30-21-22-31(33)32(34)23-30/h17-27H,2-16H2,1H3. The molecule has 0 aromatic heterocycles. The van der Waals surface area contributed by atoms with Crippen LogP contribution in [-0.4, -0.2) is 0 Å². The summed E-state index contributed by atoms with van der Waals surface area (Å²) in [6.45, 7) is 2.32. The van der Waals surface area contributed by atoms with Crippen LogP contribution in [0.3, 0.4) is 0 Å². The summed E-state index contributed by atoms with van der Waals surface area (Å²) in [4.78, 5) is 0. The molecule has 2 aromatic rings. The Morgan fingerprint density at radius 3 is 1.62 bits per heavy atom. The molecule has 0 heterocycles. The maximum absolute atomic E-state index is 13.5. The van der Waals surface area contributed by atoms with Crippen molar-refractivity contribution in [1.29, 1.82) is 0 Å². The van der Waals surface area contributed by atoms with E-state index in [1.54, 1.807) is 6.07 Å². The fourth-order valence-electron chi connectivity index (χ4n) is 6.49. The minimum absolute atomic E-state index is 0.730. The summed E-state index contributed by atoms with van der Waals surface area (Å²) in [5.41, 5.74) is 3.02. The maximum atomic E-state index is 13.5. The molecule has 186 valence electrons. The first-order chi connectivity index (χ1) is 16.6. The van der Waals surface area contributed by atoms with Gasteiger partial charge in [-0.15, -0.1) is 0 Å². The van der Waals surface area contributed by atoms with E-state index < -0.39 is 11.6 Å². The van der Waals surface area contributed by atoms with Gasteiger partial charge in [0.05, 0.1) is 0 Å². The third kappa shape index (κ3) is 7.40. The number of hydrogen-bond donors (Lipinski definition) is 0. The molecule has 2 aliphatic rings. The van der Waals surface area contributed by atoms with Gasteiger partial charge >= 0.3 is 0 Å². The van der Waals surface area contributed by atoms with Crippen molar-refractivity contribution in [3.05, 3.63) is 59.7 Å². The molecule has 0 spiro atoms. The highest BCUT2D eigenvalue weighted by molar-refractivity contribution is 5.63. The molecular weight excluding hydrogens is 422 g/mol. The zero-order chi connectivity index (χ0) is 23.8. The first kappa shape index (κ1) is 25.4. The molecule has 4 rings (SSSR count). The van der Waals surface area contributed by atoms with Crippen LogP contribution in [0.5, 0.6) is 0 Å². The van der Waals surface area contributed by atoms with Crippen LogP contribution in [0.1, 0.15) is 102 Å². The monoisotopic (exact) mass is 466 g/mol. The lowest BCUT2D eigenvalue weighted by atomic mass is 9.74. The smallest absolute Gasteiger partial charge is 0.159 e. The summed E-state index contributed by atoms with van der Waals surface area (Å²) in [7, 11) is 0. The van der Waals surface area contributed by atoms with Gasteiger partial charge < -0.3 is 0 Å². The molecule has 2 aliphatic carbocycles. The number of unbranched alkanes of at least 4 members (excludes halogenated alkanes) is 1. The van der Waals surface area contributed by atoms with Gasteiger partial charge in [-0.25, -0.2) is 8.78 Å². The second-order valence-corrected chi connectivity index (χ2v) is 11.4. The van der Waals surface area contributed by atoms with Crippen molar-refractivity contribution < 1.29 is 8.78 Å². The number of rotatable bonds is 10. The van der Waals surface area contributed by atoms with E-state index in [1.807, 2.05) is 12.1 Å². The van der Waals surface area contributed by atoms with E-state index in [9.17, 15) is 8.78 Å². The second kappa shape index (κ2) is 12.8. The van der Waals surface area contributed by atoms with Gasteiger partial charge in [-0.3, -0.25) is 0 Å². The zero-order valence-electron chi connectivity index (χ0n) is 21.2. The van der Waals surface area contributed by atoms with Crippen LogP contribution < -0.4 is 0 Å². The fourth-order valence-corrected chi connectivity index (χ4v) is 6.49. The Balaban J connectivity index is 1.12. The van der Waals surface area contributed by atoms with Gasteiger partial charge in [-0.05, 0) is 65.3 Å². The number of halogens is 2. The first-order valence-electron chi connectivity index (χ1n) is 14.1. The molecule has 0 saturated heterocycles. The van der Waals surface area contributed by atoms with Crippen molar-refractivity contribution in [2.45, 2.75) is 103 Å². The van der Waals surface area contributed by atoms with Crippen LogP contribution in [0.25, 0.3) is 11.1 Å². The summed E-state index contributed by atoms with van der Waals surface area (Å²) < 4.78 is 26.7. The molecule has 0 amide bonds. The highest BCUT2D eigenvalue weighted by atomic mass is 19.2. The molecule has 2 fully saturated rings. The van der Waals surface area contributed by atoms with Crippen molar-refractivity contribution >= 4 is 0 Å². The molecule has 0 bridgehead atoms.